The first kappa shape index (κ1) is 13.0. The van der Waals surface area contributed by atoms with Crippen LogP contribution in [0.5, 0.6) is 0 Å². The molecule has 0 saturated heterocycles. The van der Waals surface area contributed by atoms with Crippen LogP contribution in [0.25, 0.3) is 0 Å². The number of benzene rings is 1. The van der Waals surface area contributed by atoms with Crippen molar-refractivity contribution in [1.82, 2.24) is 5.32 Å². The van der Waals surface area contributed by atoms with Crippen LogP contribution in [0.2, 0.25) is 5.02 Å². The van der Waals surface area contributed by atoms with Crippen molar-refractivity contribution in [2.75, 3.05) is 13.7 Å². The van der Waals surface area contributed by atoms with Gasteiger partial charge in [0.1, 0.15) is 0 Å². The molecule has 0 fully saturated rings. The lowest BCUT2D eigenvalue weighted by atomic mass is 10.1. The van der Waals surface area contributed by atoms with E-state index in [2.05, 4.69) is 10.1 Å². The molecule has 0 aliphatic carbocycles. The Morgan fingerprint density at radius 3 is 2.81 bits per heavy atom. The number of carbonyl (C=O) groups is 1. The Bertz CT molecular complexity index is 355. The van der Waals surface area contributed by atoms with Crippen molar-refractivity contribution >= 4 is 17.6 Å². The number of hydrogen-bond donors (Lipinski definition) is 1. The van der Waals surface area contributed by atoms with Crippen LogP contribution < -0.4 is 5.32 Å². The maximum atomic E-state index is 10.9. The zero-order valence-corrected chi connectivity index (χ0v) is 10.3. The molecule has 0 unspecified atom stereocenters. The van der Waals surface area contributed by atoms with Crippen molar-refractivity contribution in [1.29, 1.82) is 0 Å². The highest BCUT2D eigenvalue weighted by Crippen LogP contribution is 2.21. The largest absolute Gasteiger partial charge is 0.469 e. The molecule has 0 aliphatic rings. The van der Waals surface area contributed by atoms with E-state index in [1.54, 1.807) is 0 Å². The number of carbonyl (C=O) groups excluding carboxylic acids is 1. The molecule has 0 bridgehead atoms. The summed E-state index contributed by atoms with van der Waals surface area (Å²) in [5.41, 5.74) is 1.04. The highest BCUT2D eigenvalue weighted by molar-refractivity contribution is 6.31. The first-order valence-electron chi connectivity index (χ1n) is 5.19. The fourth-order valence-electron chi connectivity index (χ4n) is 1.43. The van der Waals surface area contributed by atoms with E-state index in [4.69, 9.17) is 11.6 Å². The minimum atomic E-state index is -0.209. The molecule has 1 atom stereocenters. The standard InChI is InChI=1S/C12H16ClNO2/c1-9(14-8-7-12(15)16-2)10-5-3-4-6-11(10)13/h3-6,9,14H,7-8H2,1-2H3/t9-/m0/s1. The third-order valence-electron chi connectivity index (χ3n) is 2.38. The average molecular weight is 242 g/mol. The lowest BCUT2D eigenvalue weighted by Gasteiger charge is -2.15. The van der Waals surface area contributed by atoms with Crippen LogP contribution in [-0.4, -0.2) is 19.6 Å². The van der Waals surface area contributed by atoms with E-state index in [9.17, 15) is 4.79 Å². The van der Waals surface area contributed by atoms with Crippen molar-refractivity contribution in [2.45, 2.75) is 19.4 Å². The Morgan fingerprint density at radius 1 is 1.50 bits per heavy atom. The summed E-state index contributed by atoms with van der Waals surface area (Å²) >= 11 is 6.06. The second kappa shape index (κ2) is 6.51. The van der Waals surface area contributed by atoms with Gasteiger partial charge in [-0.1, -0.05) is 29.8 Å². The Labute approximate surface area is 101 Å². The third kappa shape index (κ3) is 3.83. The molecule has 0 amide bonds. The van der Waals surface area contributed by atoms with Crippen LogP contribution in [-0.2, 0) is 9.53 Å². The first-order chi connectivity index (χ1) is 7.65. The quantitative estimate of drug-likeness (QED) is 0.806. The second-order valence-electron chi connectivity index (χ2n) is 3.52. The Morgan fingerprint density at radius 2 is 2.19 bits per heavy atom. The van der Waals surface area contributed by atoms with Gasteiger partial charge in [0.15, 0.2) is 0 Å². The van der Waals surface area contributed by atoms with E-state index in [-0.39, 0.29) is 12.0 Å². The summed E-state index contributed by atoms with van der Waals surface area (Å²) in [5, 5.41) is 3.96. The Balaban J connectivity index is 2.44. The summed E-state index contributed by atoms with van der Waals surface area (Å²) in [6.07, 6.45) is 0.366. The summed E-state index contributed by atoms with van der Waals surface area (Å²) in [6.45, 7) is 2.59. The van der Waals surface area contributed by atoms with Gasteiger partial charge < -0.3 is 10.1 Å². The molecule has 0 spiro atoms. The lowest BCUT2D eigenvalue weighted by molar-refractivity contribution is -0.140. The number of esters is 1. The van der Waals surface area contributed by atoms with Gasteiger partial charge >= 0.3 is 5.97 Å². The molecule has 4 heteroatoms. The molecule has 3 nitrogen and oxygen atoms in total. The minimum Gasteiger partial charge on any atom is -0.469 e. The van der Waals surface area contributed by atoms with Crippen LogP contribution in [0.1, 0.15) is 24.9 Å². The summed E-state index contributed by atoms with van der Waals surface area (Å²) in [6, 6.07) is 7.79. The van der Waals surface area contributed by atoms with Crippen molar-refractivity contribution in [2.24, 2.45) is 0 Å². The monoisotopic (exact) mass is 241 g/mol. The Kier molecular flexibility index (Phi) is 5.29. The smallest absolute Gasteiger partial charge is 0.306 e. The van der Waals surface area contributed by atoms with Gasteiger partial charge in [-0.15, -0.1) is 0 Å². The Hall–Kier alpha value is -1.06. The summed E-state index contributed by atoms with van der Waals surface area (Å²) in [5.74, 6) is -0.209. The molecule has 1 aromatic rings. The molecule has 1 rings (SSSR count). The van der Waals surface area contributed by atoms with Crippen LogP contribution in [0.4, 0.5) is 0 Å². The SMILES string of the molecule is COC(=O)CCN[C@@H](C)c1ccccc1Cl. The van der Waals surface area contributed by atoms with Gasteiger partial charge in [-0.2, -0.15) is 0 Å². The number of hydrogen-bond acceptors (Lipinski definition) is 3. The maximum Gasteiger partial charge on any atom is 0.306 e. The number of methoxy groups -OCH3 is 1. The van der Waals surface area contributed by atoms with Crippen LogP contribution in [0, 0.1) is 0 Å². The number of halogens is 1. The zero-order chi connectivity index (χ0) is 12.0. The van der Waals surface area contributed by atoms with E-state index in [0.29, 0.717) is 13.0 Å². The van der Waals surface area contributed by atoms with E-state index >= 15 is 0 Å². The fraction of sp³-hybridized carbons (Fsp3) is 0.417. The number of ether oxygens (including phenoxy) is 1. The first-order valence-corrected chi connectivity index (χ1v) is 5.57. The normalized spacial score (nSPS) is 12.2. The molecule has 16 heavy (non-hydrogen) atoms. The second-order valence-corrected chi connectivity index (χ2v) is 3.93. The lowest BCUT2D eigenvalue weighted by Crippen LogP contribution is -2.22. The van der Waals surface area contributed by atoms with E-state index in [1.807, 2.05) is 31.2 Å². The minimum absolute atomic E-state index is 0.123. The van der Waals surface area contributed by atoms with Crippen molar-refractivity contribution in [3.05, 3.63) is 34.9 Å². The van der Waals surface area contributed by atoms with Gasteiger partial charge in [0.05, 0.1) is 13.5 Å². The molecule has 0 saturated carbocycles. The van der Waals surface area contributed by atoms with Gasteiger partial charge in [-0.3, -0.25) is 4.79 Å². The summed E-state index contributed by atoms with van der Waals surface area (Å²) in [4.78, 5) is 10.9. The average Bonchev–Trinajstić information content (AvgIpc) is 2.29. The van der Waals surface area contributed by atoms with Crippen molar-refractivity contribution in [3.63, 3.8) is 0 Å². The van der Waals surface area contributed by atoms with Crippen molar-refractivity contribution < 1.29 is 9.53 Å². The van der Waals surface area contributed by atoms with Gasteiger partial charge in [0, 0.05) is 17.6 Å². The third-order valence-corrected chi connectivity index (χ3v) is 2.72. The topological polar surface area (TPSA) is 38.3 Å². The maximum absolute atomic E-state index is 10.9. The van der Waals surface area contributed by atoms with E-state index in [1.165, 1.54) is 7.11 Å². The van der Waals surface area contributed by atoms with Crippen molar-refractivity contribution in [3.8, 4) is 0 Å². The van der Waals surface area contributed by atoms with Gasteiger partial charge in [0.2, 0.25) is 0 Å². The molecule has 88 valence electrons. The summed E-state index contributed by atoms with van der Waals surface area (Å²) in [7, 11) is 1.39. The predicted molar refractivity (Wildman–Crippen MR) is 64.5 cm³/mol. The number of nitrogens with one attached hydrogen (secondary N) is 1. The fourth-order valence-corrected chi connectivity index (χ4v) is 1.73. The molecule has 0 heterocycles. The predicted octanol–water partition coefficient (Wildman–Crippen LogP) is 2.55. The van der Waals surface area contributed by atoms with Gasteiger partial charge in [-0.05, 0) is 18.6 Å². The van der Waals surface area contributed by atoms with E-state index in [0.717, 1.165) is 10.6 Å². The van der Waals surface area contributed by atoms with Gasteiger partial charge in [0.25, 0.3) is 0 Å². The van der Waals surface area contributed by atoms with Crippen LogP contribution >= 0.6 is 11.6 Å². The summed E-state index contributed by atoms with van der Waals surface area (Å²) < 4.78 is 4.56. The molecule has 0 aromatic heterocycles. The zero-order valence-electron chi connectivity index (χ0n) is 9.50. The highest BCUT2D eigenvalue weighted by atomic mass is 35.5. The van der Waals surface area contributed by atoms with Gasteiger partial charge in [-0.25, -0.2) is 0 Å². The molecule has 1 N–H and O–H groups in total. The molecule has 0 aliphatic heterocycles. The molecular weight excluding hydrogens is 226 g/mol. The highest BCUT2D eigenvalue weighted by Gasteiger charge is 2.08. The number of rotatable bonds is 5. The van der Waals surface area contributed by atoms with E-state index < -0.39 is 0 Å². The van der Waals surface area contributed by atoms with Crippen LogP contribution in [0.3, 0.4) is 0 Å². The molecular formula is C12H16ClNO2. The van der Waals surface area contributed by atoms with Crippen LogP contribution in [0.15, 0.2) is 24.3 Å². The molecule has 1 aromatic carbocycles. The molecule has 0 radical (unpaired) electrons.